The maximum Gasteiger partial charge on any atom is 0.204 e. The van der Waals surface area contributed by atoms with Crippen LogP contribution in [0.25, 0.3) is 16.7 Å². The number of hydrogen-bond donors (Lipinski definition) is 1. The highest BCUT2D eigenvalue weighted by Gasteiger charge is 2.17. The normalized spacial score (nSPS) is 11.0. The van der Waals surface area contributed by atoms with E-state index in [4.69, 9.17) is 14.5 Å². The van der Waals surface area contributed by atoms with Crippen LogP contribution in [0.15, 0.2) is 66.7 Å². The van der Waals surface area contributed by atoms with Crippen molar-refractivity contribution in [2.75, 3.05) is 19.5 Å². The fraction of sp³-hybridized carbons (Fsp3) is 0.120. The first-order valence-corrected chi connectivity index (χ1v) is 10.3. The van der Waals surface area contributed by atoms with E-state index in [0.29, 0.717) is 45.4 Å². The Morgan fingerprint density at radius 2 is 1.61 bits per heavy atom. The fourth-order valence-electron chi connectivity index (χ4n) is 3.77. The molecule has 8 nitrogen and oxygen atoms in total. The highest BCUT2D eigenvalue weighted by atomic mass is 16.5. The number of carbonyl (C=O) groups is 1. The minimum absolute atomic E-state index is 0.0537. The lowest BCUT2D eigenvalue weighted by Gasteiger charge is -2.13. The summed E-state index contributed by atoms with van der Waals surface area (Å²) in [5.41, 5.74) is 3.94. The van der Waals surface area contributed by atoms with Gasteiger partial charge < -0.3 is 14.8 Å². The first kappa shape index (κ1) is 20.4. The number of aromatic nitrogens is 4. The molecule has 164 valence electrons. The number of hydrogen-bond acceptors (Lipinski definition) is 7. The second-order valence-corrected chi connectivity index (χ2v) is 7.49. The molecule has 5 rings (SSSR count). The van der Waals surface area contributed by atoms with Gasteiger partial charge in [0.15, 0.2) is 11.6 Å². The third-order valence-corrected chi connectivity index (χ3v) is 5.40. The first-order chi connectivity index (χ1) is 16.1. The summed E-state index contributed by atoms with van der Waals surface area (Å²) in [7, 11) is 3.20. The first-order valence-electron chi connectivity index (χ1n) is 10.3. The molecule has 0 amide bonds. The van der Waals surface area contributed by atoms with Gasteiger partial charge in [0, 0.05) is 35.0 Å². The lowest BCUT2D eigenvalue weighted by atomic mass is 10.0. The predicted octanol–water partition coefficient (Wildman–Crippen LogP) is 4.58. The van der Waals surface area contributed by atoms with Crippen LogP contribution < -0.4 is 14.8 Å². The van der Waals surface area contributed by atoms with E-state index in [9.17, 15) is 4.79 Å². The van der Waals surface area contributed by atoms with Gasteiger partial charge in [0.05, 0.1) is 25.3 Å². The van der Waals surface area contributed by atoms with Crippen molar-refractivity contribution in [2.24, 2.45) is 0 Å². The van der Waals surface area contributed by atoms with E-state index in [0.717, 1.165) is 11.2 Å². The summed E-state index contributed by atoms with van der Waals surface area (Å²) in [6.07, 6.45) is 0. The number of anilines is 2. The summed E-state index contributed by atoms with van der Waals surface area (Å²) in [6, 6.07) is 20.1. The van der Waals surface area contributed by atoms with Crippen molar-refractivity contribution in [3.63, 3.8) is 0 Å². The zero-order valence-electron chi connectivity index (χ0n) is 18.4. The summed E-state index contributed by atoms with van der Waals surface area (Å²) in [4.78, 5) is 17.7. The van der Waals surface area contributed by atoms with E-state index in [2.05, 4.69) is 15.5 Å². The van der Waals surface area contributed by atoms with E-state index in [-0.39, 0.29) is 5.78 Å². The highest BCUT2D eigenvalue weighted by molar-refractivity contribution is 6.10. The Morgan fingerprint density at radius 3 is 2.30 bits per heavy atom. The van der Waals surface area contributed by atoms with Gasteiger partial charge in [-0.05, 0) is 25.1 Å². The molecule has 0 aliphatic rings. The van der Waals surface area contributed by atoms with Crippen molar-refractivity contribution in [3.8, 4) is 11.5 Å². The maximum atomic E-state index is 13.0. The number of benzene rings is 3. The molecule has 2 aromatic heterocycles. The summed E-state index contributed by atoms with van der Waals surface area (Å²) in [5.74, 6) is 2.46. The van der Waals surface area contributed by atoms with Crippen molar-refractivity contribution in [2.45, 2.75) is 6.92 Å². The average Bonchev–Trinajstić information content (AvgIpc) is 3.25. The van der Waals surface area contributed by atoms with Crippen LogP contribution in [0, 0.1) is 6.92 Å². The van der Waals surface area contributed by atoms with E-state index in [1.54, 1.807) is 38.5 Å². The number of nitrogens with zero attached hydrogens (tertiary/aromatic N) is 4. The van der Waals surface area contributed by atoms with Gasteiger partial charge in [0.2, 0.25) is 5.65 Å². The molecule has 0 saturated heterocycles. The van der Waals surface area contributed by atoms with Crippen LogP contribution in [-0.4, -0.2) is 39.6 Å². The quantitative estimate of drug-likeness (QED) is 0.387. The molecule has 2 heterocycles. The van der Waals surface area contributed by atoms with Crippen LogP contribution >= 0.6 is 0 Å². The van der Waals surface area contributed by atoms with Gasteiger partial charge in [-0.3, -0.25) is 9.20 Å². The molecule has 3 aromatic carbocycles. The second kappa shape index (κ2) is 8.23. The number of methoxy groups -OCH3 is 2. The summed E-state index contributed by atoms with van der Waals surface area (Å²) in [5, 5.41) is 11.9. The van der Waals surface area contributed by atoms with Crippen molar-refractivity contribution in [1.29, 1.82) is 0 Å². The molecule has 1 N–H and O–H groups in total. The predicted molar refractivity (Wildman–Crippen MR) is 126 cm³/mol. The smallest absolute Gasteiger partial charge is 0.204 e. The summed E-state index contributed by atoms with van der Waals surface area (Å²) < 4.78 is 12.6. The molecule has 0 aliphatic heterocycles. The largest absolute Gasteiger partial charge is 0.497 e. The van der Waals surface area contributed by atoms with Crippen LogP contribution in [0.3, 0.4) is 0 Å². The summed E-state index contributed by atoms with van der Waals surface area (Å²) >= 11 is 0. The number of carbonyl (C=O) groups excluding carboxylic acids is 1. The Bertz CT molecular complexity index is 1470. The average molecular weight is 439 g/mol. The lowest BCUT2D eigenvalue weighted by Crippen LogP contribution is -2.05. The summed E-state index contributed by atoms with van der Waals surface area (Å²) in [6.45, 7) is 1.86. The maximum absolute atomic E-state index is 13.0. The topological polar surface area (TPSA) is 90.6 Å². The Hall–Kier alpha value is -4.46. The van der Waals surface area contributed by atoms with E-state index in [1.807, 2.05) is 53.8 Å². The van der Waals surface area contributed by atoms with E-state index < -0.39 is 0 Å². The molecule has 0 fully saturated rings. The van der Waals surface area contributed by atoms with Crippen molar-refractivity contribution >= 4 is 34.0 Å². The van der Waals surface area contributed by atoms with Gasteiger partial charge in [-0.15, -0.1) is 10.2 Å². The van der Waals surface area contributed by atoms with Gasteiger partial charge in [0.25, 0.3) is 0 Å². The van der Waals surface area contributed by atoms with Crippen molar-refractivity contribution in [3.05, 3.63) is 83.7 Å². The van der Waals surface area contributed by atoms with Gasteiger partial charge in [0.1, 0.15) is 17.3 Å². The van der Waals surface area contributed by atoms with E-state index >= 15 is 0 Å². The highest BCUT2D eigenvalue weighted by Crippen LogP contribution is 2.30. The second-order valence-electron chi connectivity index (χ2n) is 7.49. The molecular formula is C25H21N5O3. The van der Waals surface area contributed by atoms with Gasteiger partial charge >= 0.3 is 0 Å². The molecule has 0 radical (unpaired) electrons. The number of rotatable bonds is 6. The number of ether oxygens (including phenoxy) is 2. The monoisotopic (exact) mass is 439 g/mol. The Kier molecular flexibility index (Phi) is 5.10. The Morgan fingerprint density at radius 1 is 0.879 bits per heavy atom. The van der Waals surface area contributed by atoms with Crippen LogP contribution in [0.5, 0.6) is 11.5 Å². The third-order valence-electron chi connectivity index (χ3n) is 5.40. The molecule has 8 heteroatoms. The zero-order valence-corrected chi connectivity index (χ0v) is 18.4. The van der Waals surface area contributed by atoms with Crippen LogP contribution in [0.4, 0.5) is 11.5 Å². The molecule has 0 spiro atoms. The van der Waals surface area contributed by atoms with Gasteiger partial charge in [-0.2, -0.15) is 0 Å². The molecule has 0 unspecified atom stereocenters. The minimum atomic E-state index is -0.0537. The van der Waals surface area contributed by atoms with E-state index in [1.165, 1.54) is 0 Å². The molecule has 0 atom stereocenters. The van der Waals surface area contributed by atoms with Crippen molar-refractivity contribution in [1.82, 2.24) is 19.6 Å². The van der Waals surface area contributed by atoms with Crippen LogP contribution in [0.2, 0.25) is 0 Å². The number of nitrogens with one attached hydrogen (secondary N) is 1. The van der Waals surface area contributed by atoms with Gasteiger partial charge in [-0.1, -0.05) is 30.3 Å². The lowest BCUT2D eigenvalue weighted by molar-refractivity contribution is 0.103. The molecule has 33 heavy (non-hydrogen) atoms. The SMILES string of the molecule is COc1cc(Nc2nc3ccc(C(=O)c4ccccc4)cc3n3c(C)nnc23)cc(OC)c1. The molecular weight excluding hydrogens is 418 g/mol. The van der Waals surface area contributed by atoms with Crippen molar-refractivity contribution < 1.29 is 14.3 Å². The third kappa shape index (κ3) is 3.71. The molecule has 5 aromatic rings. The minimum Gasteiger partial charge on any atom is -0.497 e. The Balaban J connectivity index is 1.63. The van der Waals surface area contributed by atoms with Crippen LogP contribution in [-0.2, 0) is 0 Å². The van der Waals surface area contributed by atoms with Crippen LogP contribution in [0.1, 0.15) is 21.7 Å². The molecule has 0 aliphatic carbocycles. The number of ketones is 1. The Labute approximate surface area is 189 Å². The molecule has 0 bridgehead atoms. The number of fused-ring (bicyclic) bond motifs is 3. The fourth-order valence-corrected chi connectivity index (χ4v) is 3.77. The molecule has 0 saturated carbocycles. The number of aryl methyl sites for hydroxylation is 1. The standard InChI is InChI=1S/C25H21N5O3/c1-15-28-29-25-24(26-18-12-19(32-2)14-20(13-18)33-3)27-21-10-9-17(11-22(21)30(15)25)23(31)16-7-5-4-6-8-16/h4-14H,1-3H3,(H,26,27). The van der Waals surface area contributed by atoms with Gasteiger partial charge in [-0.25, -0.2) is 4.98 Å². The zero-order chi connectivity index (χ0) is 22.9.